The van der Waals surface area contributed by atoms with Crippen molar-refractivity contribution in [3.05, 3.63) is 0 Å². The van der Waals surface area contributed by atoms with Gasteiger partial charge in [-0.2, -0.15) is 0 Å². The zero-order chi connectivity index (χ0) is 16.6. The zero-order valence-corrected chi connectivity index (χ0v) is 18.6. The van der Waals surface area contributed by atoms with Gasteiger partial charge in [-0.25, -0.2) is 0 Å². The number of carboxylic acid groups (broad SMARTS) is 1. The molecule has 2 radical (unpaired) electrons. The van der Waals surface area contributed by atoms with E-state index in [1.807, 2.05) is 0 Å². The van der Waals surface area contributed by atoms with Crippen molar-refractivity contribution >= 4 is 38.9 Å². The second kappa shape index (κ2) is 16.5. The molecule has 2 atom stereocenters. The summed E-state index contributed by atoms with van der Waals surface area (Å²) in [5.41, 5.74) is 0. The summed E-state index contributed by atoms with van der Waals surface area (Å²) in [6.45, 7) is 6.72. The van der Waals surface area contributed by atoms with Gasteiger partial charge in [0.15, 0.2) is 0 Å². The molecule has 4 heteroatoms. The average Bonchev–Trinajstić information content (AvgIpc) is 2.51. The van der Waals surface area contributed by atoms with Gasteiger partial charge in [-0.1, -0.05) is 0 Å². The van der Waals surface area contributed by atoms with Gasteiger partial charge in [0.25, 0.3) is 0 Å². The SMILES string of the molecule is CCCCCCC[CH2][Sn][CH](SCC(CC)CCCC)C(=O)O. The molecule has 0 aromatic rings. The van der Waals surface area contributed by atoms with E-state index in [0.29, 0.717) is 0 Å². The number of thioether (sulfide) groups is 1. The molecule has 0 aliphatic heterocycles. The molecule has 0 bridgehead atoms. The van der Waals surface area contributed by atoms with Crippen LogP contribution in [0.15, 0.2) is 0 Å². The van der Waals surface area contributed by atoms with Gasteiger partial charge in [-0.15, -0.1) is 0 Å². The minimum absolute atomic E-state index is 0.0186. The Morgan fingerprint density at radius 3 is 2.23 bits per heavy atom. The van der Waals surface area contributed by atoms with Crippen molar-refractivity contribution in [2.24, 2.45) is 5.92 Å². The van der Waals surface area contributed by atoms with Gasteiger partial charge in [-0.3, -0.25) is 0 Å². The molecule has 0 aromatic carbocycles. The molecule has 130 valence electrons. The van der Waals surface area contributed by atoms with E-state index in [2.05, 4.69) is 20.8 Å². The quantitative estimate of drug-likeness (QED) is 0.245. The van der Waals surface area contributed by atoms with Crippen LogP contribution in [0.25, 0.3) is 0 Å². The summed E-state index contributed by atoms with van der Waals surface area (Å²) in [5.74, 6) is 1.25. The van der Waals surface area contributed by atoms with Crippen LogP contribution in [0.1, 0.15) is 85.0 Å². The van der Waals surface area contributed by atoms with Crippen molar-refractivity contribution in [1.29, 1.82) is 0 Å². The van der Waals surface area contributed by atoms with Crippen molar-refractivity contribution in [2.45, 2.75) is 92.7 Å². The Morgan fingerprint density at radius 1 is 1.00 bits per heavy atom. The Morgan fingerprint density at radius 2 is 1.64 bits per heavy atom. The van der Waals surface area contributed by atoms with Crippen LogP contribution in [-0.4, -0.2) is 41.2 Å². The van der Waals surface area contributed by atoms with Crippen LogP contribution < -0.4 is 0 Å². The summed E-state index contributed by atoms with van der Waals surface area (Å²) in [5, 5.41) is 9.43. The minimum atomic E-state index is -0.762. The van der Waals surface area contributed by atoms with E-state index in [4.69, 9.17) is 0 Å². The number of carboxylic acids is 1. The molecule has 0 aliphatic rings. The van der Waals surface area contributed by atoms with Crippen molar-refractivity contribution in [3.8, 4) is 0 Å². The third-order valence-corrected chi connectivity index (χ3v) is 11.5. The number of hydrogen-bond donors (Lipinski definition) is 1. The zero-order valence-electron chi connectivity index (χ0n) is 14.9. The Hall–Kier alpha value is 0.619. The number of carbonyl (C=O) groups is 1. The Labute approximate surface area is 152 Å². The molecule has 0 aliphatic carbocycles. The van der Waals surface area contributed by atoms with E-state index in [1.54, 1.807) is 11.8 Å². The Kier molecular flexibility index (Phi) is 16.9. The van der Waals surface area contributed by atoms with Gasteiger partial charge < -0.3 is 0 Å². The van der Waals surface area contributed by atoms with Crippen LogP contribution in [-0.2, 0) is 4.79 Å². The van der Waals surface area contributed by atoms with Crippen molar-refractivity contribution in [3.63, 3.8) is 0 Å². The van der Waals surface area contributed by atoms with Crippen LogP contribution in [0.2, 0.25) is 4.44 Å². The monoisotopic (exact) mass is 436 g/mol. The summed E-state index contributed by atoms with van der Waals surface area (Å²) in [6, 6.07) is 0. The fourth-order valence-corrected chi connectivity index (χ4v) is 8.78. The number of unbranched alkanes of at least 4 members (excludes halogenated alkanes) is 6. The average molecular weight is 435 g/mol. The predicted molar refractivity (Wildman–Crippen MR) is 101 cm³/mol. The van der Waals surface area contributed by atoms with Crippen LogP contribution in [0.5, 0.6) is 0 Å². The summed E-state index contributed by atoms with van der Waals surface area (Å²) in [6.07, 6.45) is 12.9. The second-order valence-corrected chi connectivity index (χ2v) is 12.8. The van der Waals surface area contributed by atoms with E-state index in [0.717, 1.165) is 11.7 Å². The number of rotatable bonds is 16. The molecule has 0 fully saturated rings. The first kappa shape index (κ1) is 22.6. The molecular formula is C18H36O2SSn. The van der Waals surface area contributed by atoms with Gasteiger partial charge >= 0.3 is 153 Å². The van der Waals surface area contributed by atoms with E-state index in [-0.39, 0.29) is 3.27 Å². The first-order valence-electron chi connectivity index (χ1n) is 9.23. The fraction of sp³-hybridized carbons (Fsp3) is 0.944. The van der Waals surface area contributed by atoms with Crippen molar-refractivity contribution < 1.29 is 9.90 Å². The molecule has 0 aromatic heterocycles. The molecule has 0 rings (SSSR count). The summed E-state index contributed by atoms with van der Waals surface area (Å²) in [4.78, 5) is 11.4. The Balaban J connectivity index is 3.83. The second-order valence-electron chi connectivity index (χ2n) is 6.19. The van der Waals surface area contributed by atoms with Gasteiger partial charge in [-0.05, 0) is 0 Å². The molecule has 0 saturated heterocycles. The summed E-state index contributed by atoms with van der Waals surface area (Å²) in [7, 11) is 0. The van der Waals surface area contributed by atoms with Gasteiger partial charge in [0.1, 0.15) is 0 Å². The van der Waals surface area contributed by atoms with E-state index in [9.17, 15) is 9.90 Å². The molecule has 0 saturated carbocycles. The molecule has 22 heavy (non-hydrogen) atoms. The van der Waals surface area contributed by atoms with Gasteiger partial charge in [0.05, 0.1) is 0 Å². The standard InChI is InChI=1S/C10H19O2S.C8H17.Sn/c1-3-5-6-9(4-2)7-13-8-10(11)12;1-3-5-7-8-6-4-2;/h8-9H,3-7H2,1-2H3,(H,11,12);1,3-8H2,2H3;. The third kappa shape index (κ3) is 13.1. The topological polar surface area (TPSA) is 37.3 Å². The molecule has 2 nitrogen and oxygen atoms in total. The molecule has 0 heterocycles. The van der Waals surface area contributed by atoms with Gasteiger partial charge in [0, 0.05) is 0 Å². The predicted octanol–water partition coefficient (Wildman–Crippen LogP) is 5.83. The number of hydrogen-bond acceptors (Lipinski definition) is 2. The maximum atomic E-state index is 11.4. The third-order valence-electron chi connectivity index (χ3n) is 4.13. The molecule has 2 unspecified atom stereocenters. The molecule has 0 amide bonds. The van der Waals surface area contributed by atoms with E-state index in [1.165, 1.54) is 68.6 Å². The van der Waals surface area contributed by atoms with Crippen LogP contribution in [0, 0.1) is 5.92 Å². The maximum absolute atomic E-state index is 11.4. The first-order chi connectivity index (χ1) is 10.7. The van der Waals surface area contributed by atoms with Crippen LogP contribution in [0.4, 0.5) is 0 Å². The first-order valence-corrected chi connectivity index (χ1v) is 13.9. The normalized spacial score (nSPS) is 14.0. The van der Waals surface area contributed by atoms with Crippen LogP contribution in [0.3, 0.4) is 0 Å². The summed E-state index contributed by atoms with van der Waals surface area (Å²) >= 11 is 0.999. The molecule has 0 spiro atoms. The molecular weight excluding hydrogens is 399 g/mol. The van der Waals surface area contributed by atoms with Crippen molar-refractivity contribution in [2.75, 3.05) is 5.75 Å². The van der Waals surface area contributed by atoms with Gasteiger partial charge in [0.2, 0.25) is 0 Å². The van der Waals surface area contributed by atoms with Crippen molar-refractivity contribution in [1.82, 2.24) is 0 Å². The van der Waals surface area contributed by atoms with E-state index >= 15 is 0 Å². The summed E-state index contributed by atoms with van der Waals surface area (Å²) < 4.78 is 1.22. The Bertz CT molecular complexity index is 261. The van der Waals surface area contributed by atoms with Crippen LogP contribution >= 0.6 is 11.8 Å². The number of aliphatic carboxylic acids is 1. The molecule has 1 N–H and O–H groups in total. The van der Waals surface area contributed by atoms with E-state index < -0.39 is 27.1 Å². The fourth-order valence-electron chi connectivity index (χ4n) is 2.49.